The van der Waals surface area contributed by atoms with Crippen LogP contribution in [0.25, 0.3) is 0 Å². The number of aliphatic imine (C=N–C) groups is 1. The van der Waals surface area contributed by atoms with Gasteiger partial charge in [0.1, 0.15) is 5.60 Å². The molecular weight excluding hydrogens is 447 g/mol. The van der Waals surface area contributed by atoms with Crippen LogP contribution in [0.3, 0.4) is 0 Å². The van der Waals surface area contributed by atoms with Crippen molar-refractivity contribution >= 4 is 36.0 Å². The summed E-state index contributed by atoms with van der Waals surface area (Å²) in [5.41, 5.74) is -0.556. The lowest BCUT2D eigenvalue weighted by atomic mass is 9.56. The second-order valence-corrected chi connectivity index (χ2v) is 8.34. The van der Waals surface area contributed by atoms with E-state index in [2.05, 4.69) is 41.7 Å². The third kappa shape index (κ3) is 6.75. The fraction of sp³-hybridized carbons (Fsp3) is 0.889. The predicted molar refractivity (Wildman–Crippen MR) is 116 cm³/mol. The molecule has 1 fully saturated rings. The topological polar surface area (TPSA) is 84.0 Å². The number of rotatable bonds is 6. The van der Waals surface area contributed by atoms with Gasteiger partial charge >= 0.3 is 6.09 Å². The van der Waals surface area contributed by atoms with Crippen molar-refractivity contribution in [2.24, 2.45) is 10.4 Å². The lowest BCUT2D eigenvalue weighted by Crippen LogP contribution is -2.69. The summed E-state index contributed by atoms with van der Waals surface area (Å²) in [4.78, 5) is 15.8. The van der Waals surface area contributed by atoms with E-state index >= 15 is 0 Å². The molecule has 26 heavy (non-hydrogen) atoms. The molecule has 0 aromatic rings. The van der Waals surface area contributed by atoms with E-state index < -0.39 is 5.60 Å². The zero-order valence-electron chi connectivity index (χ0n) is 17.5. The Bertz CT molecular complexity index is 491. The molecule has 0 aliphatic heterocycles. The molecule has 7 nitrogen and oxygen atoms in total. The number of guanidine groups is 1. The zero-order chi connectivity index (χ0) is 19.3. The van der Waals surface area contributed by atoms with Gasteiger partial charge in [0.15, 0.2) is 5.96 Å². The quantitative estimate of drug-likeness (QED) is 0.234. The van der Waals surface area contributed by atoms with Crippen LogP contribution in [-0.4, -0.2) is 56.5 Å². The van der Waals surface area contributed by atoms with Crippen LogP contribution in [0, 0.1) is 5.41 Å². The van der Waals surface area contributed by atoms with Gasteiger partial charge in [-0.2, -0.15) is 0 Å². The Morgan fingerprint density at radius 1 is 1.19 bits per heavy atom. The first-order chi connectivity index (χ1) is 11.4. The summed E-state index contributed by atoms with van der Waals surface area (Å²) in [6.07, 6.45) is 1.34. The van der Waals surface area contributed by atoms with Gasteiger partial charge in [-0.25, -0.2) is 4.79 Å². The molecule has 154 valence electrons. The molecule has 1 aliphatic carbocycles. The van der Waals surface area contributed by atoms with Crippen molar-refractivity contribution in [3.05, 3.63) is 0 Å². The molecule has 8 heteroatoms. The summed E-state index contributed by atoms with van der Waals surface area (Å²) < 4.78 is 10.8. The second kappa shape index (κ2) is 9.96. The monoisotopic (exact) mass is 484 g/mol. The number of hydrogen-bond donors (Lipinski definition) is 3. The zero-order valence-corrected chi connectivity index (χ0v) is 19.8. The number of carbonyl (C=O) groups excluding carboxylic acids is 1. The van der Waals surface area contributed by atoms with Crippen LogP contribution in [-0.2, 0) is 9.47 Å². The SMILES string of the molecule is CN=C(NCCCNC(=O)OC(C)(C)C)NC1CC(C)(OC)C1(C)C.I. The first-order valence-electron chi connectivity index (χ1n) is 8.94. The Labute approximate surface area is 175 Å². The van der Waals surface area contributed by atoms with Crippen molar-refractivity contribution in [1.29, 1.82) is 0 Å². The van der Waals surface area contributed by atoms with E-state index in [1.165, 1.54) is 0 Å². The van der Waals surface area contributed by atoms with Gasteiger partial charge < -0.3 is 25.4 Å². The van der Waals surface area contributed by atoms with Gasteiger partial charge in [0.25, 0.3) is 0 Å². The first kappa shape index (κ1) is 25.2. The molecular formula is C18H37IN4O3. The van der Waals surface area contributed by atoms with Crippen molar-refractivity contribution in [2.75, 3.05) is 27.2 Å². The van der Waals surface area contributed by atoms with Gasteiger partial charge in [0.05, 0.1) is 5.60 Å². The minimum atomic E-state index is -0.472. The van der Waals surface area contributed by atoms with E-state index in [9.17, 15) is 4.79 Å². The van der Waals surface area contributed by atoms with Gasteiger partial charge in [-0.05, 0) is 40.5 Å². The molecule has 0 bridgehead atoms. The van der Waals surface area contributed by atoms with E-state index in [4.69, 9.17) is 9.47 Å². The number of alkyl carbamates (subject to hydrolysis) is 1. The normalized spacial score (nSPS) is 24.8. The molecule has 2 atom stereocenters. The average Bonchev–Trinajstić information content (AvgIpc) is 2.50. The van der Waals surface area contributed by atoms with Gasteiger partial charge in [-0.1, -0.05) is 13.8 Å². The van der Waals surface area contributed by atoms with Gasteiger partial charge in [0, 0.05) is 38.7 Å². The van der Waals surface area contributed by atoms with E-state index in [-0.39, 0.29) is 41.1 Å². The molecule has 3 N–H and O–H groups in total. The Balaban J connectivity index is 0.00000625. The maximum absolute atomic E-state index is 11.6. The Kier molecular flexibility index (Phi) is 9.67. The van der Waals surface area contributed by atoms with Crippen LogP contribution in [0.5, 0.6) is 0 Å². The van der Waals surface area contributed by atoms with E-state index in [0.717, 1.165) is 18.8 Å². The minimum Gasteiger partial charge on any atom is -0.444 e. The maximum Gasteiger partial charge on any atom is 0.407 e. The summed E-state index contributed by atoms with van der Waals surface area (Å²) in [6, 6.07) is 0.309. The van der Waals surface area contributed by atoms with Crippen LogP contribution in [0.15, 0.2) is 4.99 Å². The number of halogens is 1. The third-order valence-electron chi connectivity index (χ3n) is 5.13. The van der Waals surface area contributed by atoms with Crippen molar-refractivity contribution in [1.82, 2.24) is 16.0 Å². The largest absolute Gasteiger partial charge is 0.444 e. The predicted octanol–water partition coefficient (Wildman–Crippen LogP) is 2.89. The van der Waals surface area contributed by atoms with Crippen LogP contribution >= 0.6 is 24.0 Å². The molecule has 0 aromatic heterocycles. The number of methoxy groups -OCH3 is 1. The van der Waals surface area contributed by atoms with Gasteiger partial charge in [-0.3, -0.25) is 4.99 Å². The van der Waals surface area contributed by atoms with Crippen molar-refractivity contribution in [3.63, 3.8) is 0 Å². The molecule has 2 unspecified atom stereocenters. The lowest BCUT2D eigenvalue weighted by Gasteiger charge is -2.59. The van der Waals surface area contributed by atoms with Crippen molar-refractivity contribution in [3.8, 4) is 0 Å². The average molecular weight is 484 g/mol. The lowest BCUT2D eigenvalue weighted by molar-refractivity contribution is -0.176. The molecule has 1 aliphatic rings. The number of amides is 1. The second-order valence-electron chi connectivity index (χ2n) is 8.34. The Morgan fingerprint density at radius 3 is 2.23 bits per heavy atom. The van der Waals surface area contributed by atoms with Crippen LogP contribution in [0.1, 0.15) is 54.4 Å². The Morgan fingerprint density at radius 2 is 1.77 bits per heavy atom. The van der Waals surface area contributed by atoms with Crippen LogP contribution < -0.4 is 16.0 Å². The van der Waals surface area contributed by atoms with Gasteiger partial charge in [-0.15, -0.1) is 24.0 Å². The number of hydrogen-bond acceptors (Lipinski definition) is 4. The molecule has 0 heterocycles. The molecule has 0 spiro atoms. The highest BCUT2D eigenvalue weighted by Gasteiger charge is 2.58. The van der Waals surface area contributed by atoms with Crippen molar-refractivity contribution < 1.29 is 14.3 Å². The minimum absolute atomic E-state index is 0. The number of ether oxygens (including phenoxy) is 2. The summed E-state index contributed by atoms with van der Waals surface area (Å²) in [7, 11) is 3.53. The van der Waals surface area contributed by atoms with Gasteiger partial charge in [0.2, 0.25) is 0 Å². The first-order valence-corrected chi connectivity index (χ1v) is 8.94. The highest BCUT2D eigenvalue weighted by molar-refractivity contribution is 14.0. The van der Waals surface area contributed by atoms with Crippen LogP contribution in [0.2, 0.25) is 0 Å². The van der Waals surface area contributed by atoms with E-state index in [0.29, 0.717) is 19.1 Å². The molecule has 0 aromatic carbocycles. The highest BCUT2D eigenvalue weighted by Crippen LogP contribution is 2.51. The molecule has 0 saturated heterocycles. The molecule has 1 rings (SSSR count). The summed E-state index contributed by atoms with van der Waals surface area (Å²) in [5, 5.41) is 9.49. The smallest absolute Gasteiger partial charge is 0.407 e. The standard InChI is InChI=1S/C18H36N4O3.HI/c1-16(2,3)25-15(23)21-11-9-10-20-14(19-7)22-13-12-18(6,24-8)17(13,4)5;/h13H,9-12H2,1-8H3,(H,21,23)(H2,19,20,22);1H. The summed E-state index contributed by atoms with van der Waals surface area (Å²) >= 11 is 0. The van der Waals surface area contributed by atoms with Crippen molar-refractivity contribution in [2.45, 2.75) is 71.6 Å². The third-order valence-corrected chi connectivity index (χ3v) is 5.13. The molecule has 1 amide bonds. The van der Waals surface area contributed by atoms with E-state index in [1.807, 2.05) is 20.8 Å². The number of carbonyl (C=O) groups is 1. The summed E-state index contributed by atoms with van der Waals surface area (Å²) in [6.45, 7) is 13.4. The fourth-order valence-electron chi connectivity index (χ4n) is 2.88. The highest BCUT2D eigenvalue weighted by atomic mass is 127. The number of nitrogens with one attached hydrogen (secondary N) is 3. The maximum atomic E-state index is 11.6. The summed E-state index contributed by atoms with van der Waals surface area (Å²) in [5.74, 6) is 0.772. The molecule has 0 radical (unpaired) electrons. The Hall–Kier alpha value is -0.770. The van der Waals surface area contributed by atoms with E-state index in [1.54, 1.807) is 14.2 Å². The molecule has 1 saturated carbocycles. The fourth-order valence-corrected chi connectivity index (χ4v) is 2.88. The number of nitrogens with zero attached hydrogens (tertiary/aromatic N) is 1. The van der Waals surface area contributed by atoms with Crippen LogP contribution in [0.4, 0.5) is 4.79 Å².